The maximum absolute atomic E-state index is 10.5. The Hall–Kier alpha value is -1.30. The molecule has 6 heteroatoms. The van der Waals surface area contributed by atoms with Crippen molar-refractivity contribution < 1.29 is 15.0 Å². The van der Waals surface area contributed by atoms with Gasteiger partial charge in [0.1, 0.15) is 0 Å². The average Bonchev–Trinajstić information content (AvgIpc) is 2.31. The number of rotatable bonds is 10. The zero-order chi connectivity index (χ0) is 14.0. The predicted molar refractivity (Wildman–Crippen MR) is 70.5 cm³/mol. The molecule has 0 aromatic carbocycles. The molecule has 0 spiro atoms. The van der Waals surface area contributed by atoms with Gasteiger partial charge in [-0.3, -0.25) is 5.41 Å². The van der Waals surface area contributed by atoms with Crippen LogP contribution in [0.3, 0.4) is 0 Å². The van der Waals surface area contributed by atoms with Gasteiger partial charge in [0.2, 0.25) is 0 Å². The van der Waals surface area contributed by atoms with E-state index in [0.29, 0.717) is 6.54 Å². The first kappa shape index (κ1) is 16.7. The van der Waals surface area contributed by atoms with Crippen LogP contribution in [0.2, 0.25) is 0 Å². The van der Waals surface area contributed by atoms with Crippen LogP contribution in [0.15, 0.2) is 0 Å². The number of carboxylic acids is 1. The van der Waals surface area contributed by atoms with E-state index in [1.165, 1.54) is 24.2 Å². The van der Waals surface area contributed by atoms with Crippen molar-refractivity contribution in [2.24, 2.45) is 5.73 Å². The molecular weight excluding hydrogens is 234 g/mol. The molecule has 18 heavy (non-hydrogen) atoms. The molecular formula is C12H25N3O3. The van der Waals surface area contributed by atoms with Crippen molar-refractivity contribution in [3.05, 3.63) is 0 Å². The topological polar surface area (TPSA) is 111 Å². The molecule has 6 nitrogen and oxygen atoms in total. The maximum Gasteiger partial charge on any atom is 0.334 e. The smallest absolute Gasteiger partial charge is 0.334 e. The van der Waals surface area contributed by atoms with Gasteiger partial charge in [0.05, 0.1) is 6.54 Å². The Morgan fingerprint density at radius 2 is 1.83 bits per heavy atom. The van der Waals surface area contributed by atoms with Crippen molar-refractivity contribution in [3.8, 4) is 0 Å². The third-order valence-corrected chi connectivity index (χ3v) is 2.80. The summed E-state index contributed by atoms with van der Waals surface area (Å²) in [5, 5.41) is 25.2. The number of unbranched alkanes of at least 4 members (excludes halogenated alkanes) is 5. The van der Waals surface area contributed by atoms with Crippen LogP contribution in [0, 0.1) is 5.41 Å². The second-order valence-corrected chi connectivity index (χ2v) is 4.45. The van der Waals surface area contributed by atoms with Crippen molar-refractivity contribution in [1.82, 2.24) is 4.90 Å². The third-order valence-electron chi connectivity index (χ3n) is 2.80. The van der Waals surface area contributed by atoms with Crippen LogP contribution < -0.4 is 5.73 Å². The van der Waals surface area contributed by atoms with Crippen LogP contribution in [-0.4, -0.2) is 46.2 Å². The number of aliphatic hydroxyl groups is 1. The highest BCUT2D eigenvalue weighted by Gasteiger charge is 2.18. The molecule has 106 valence electrons. The quantitative estimate of drug-likeness (QED) is 0.265. The normalized spacial score (nSPS) is 12.1. The lowest BCUT2D eigenvalue weighted by Gasteiger charge is -2.23. The SMILES string of the molecule is CCCCCCCCN(CC(O)C(=O)O)C(=N)N. The highest BCUT2D eigenvalue weighted by atomic mass is 16.4. The number of carbonyl (C=O) groups is 1. The number of nitrogens with one attached hydrogen (secondary N) is 1. The molecule has 0 radical (unpaired) electrons. The monoisotopic (exact) mass is 259 g/mol. The number of hydrogen-bond donors (Lipinski definition) is 4. The molecule has 0 aliphatic heterocycles. The Balaban J connectivity index is 3.84. The molecule has 0 heterocycles. The fourth-order valence-electron chi connectivity index (χ4n) is 1.68. The van der Waals surface area contributed by atoms with Gasteiger partial charge in [-0.2, -0.15) is 0 Å². The minimum absolute atomic E-state index is 0.125. The van der Waals surface area contributed by atoms with Gasteiger partial charge in [0.15, 0.2) is 12.1 Å². The molecule has 0 aromatic rings. The Bertz CT molecular complexity index is 259. The van der Waals surface area contributed by atoms with E-state index in [1.54, 1.807) is 0 Å². The second kappa shape index (κ2) is 9.70. The Morgan fingerprint density at radius 1 is 1.28 bits per heavy atom. The highest BCUT2D eigenvalue weighted by Crippen LogP contribution is 2.06. The molecule has 1 unspecified atom stereocenters. The van der Waals surface area contributed by atoms with E-state index < -0.39 is 12.1 Å². The van der Waals surface area contributed by atoms with Gasteiger partial charge in [-0.25, -0.2) is 4.79 Å². The highest BCUT2D eigenvalue weighted by molar-refractivity contribution is 5.77. The van der Waals surface area contributed by atoms with Crippen LogP contribution in [0.4, 0.5) is 0 Å². The number of aliphatic hydroxyl groups excluding tert-OH is 1. The summed E-state index contributed by atoms with van der Waals surface area (Å²) < 4.78 is 0. The lowest BCUT2D eigenvalue weighted by molar-refractivity contribution is -0.147. The number of aliphatic carboxylic acids is 1. The largest absolute Gasteiger partial charge is 0.479 e. The lowest BCUT2D eigenvalue weighted by Crippen LogP contribution is -2.44. The van der Waals surface area contributed by atoms with Crippen LogP contribution in [0.25, 0.3) is 0 Å². The van der Waals surface area contributed by atoms with E-state index in [-0.39, 0.29) is 12.5 Å². The van der Waals surface area contributed by atoms with Crippen molar-refractivity contribution in [2.75, 3.05) is 13.1 Å². The zero-order valence-electron chi connectivity index (χ0n) is 11.1. The van der Waals surface area contributed by atoms with E-state index in [9.17, 15) is 9.90 Å². The molecule has 1 atom stereocenters. The number of nitrogens with two attached hydrogens (primary N) is 1. The molecule has 0 rings (SSSR count). The summed E-state index contributed by atoms with van der Waals surface area (Å²) in [7, 11) is 0. The Kier molecular flexibility index (Phi) is 9.00. The molecule has 0 saturated heterocycles. The maximum atomic E-state index is 10.5. The third kappa shape index (κ3) is 7.89. The number of guanidine groups is 1. The van der Waals surface area contributed by atoms with Crippen molar-refractivity contribution in [3.63, 3.8) is 0 Å². The van der Waals surface area contributed by atoms with Crippen LogP contribution in [0.1, 0.15) is 45.4 Å². The first-order valence-electron chi connectivity index (χ1n) is 6.48. The Labute approximate surface area is 108 Å². The van der Waals surface area contributed by atoms with E-state index in [1.807, 2.05) is 0 Å². The van der Waals surface area contributed by atoms with Gasteiger partial charge in [0, 0.05) is 6.54 Å². The molecule has 0 amide bonds. The number of nitrogens with zero attached hydrogens (tertiary/aromatic N) is 1. The molecule has 0 saturated carbocycles. The average molecular weight is 259 g/mol. The second-order valence-electron chi connectivity index (χ2n) is 4.45. The summed E-state index contributed by atoms with van der Waals surface area (Å²) in [6, 6.07) is 0. The molecule has 0 aliphatic rings. The molecule has 0 aliphatic carbocycles. The number of carboxylic acid groups (broad SMARTS) is 1. The van der Waals surface area contributed by atoms with Gasteiger partial charge < -0.3 is 20.8 Å². The summed E-state index contributed by atoms with van der Waals surface area (Å²) in [6.07, 6.45) is 5.17. The fraction of sp³-hybridized carbons (Fsp3) is 0.833. The van der Waals surface area contributed by atoms with E-state index >= 15 is 0 Å². The summed E-state index contributed by atoms with van der Waals surface area (Å²) in [5.74, 6) is -1.48. The fourth-order valence-corrected chi connectivity index (χ4v) is 1.68. The minimum atomic E-state index is -1.49. The van der Waals surface area contributed by atoms with Gasteiger partial charge in [-0.1, -0.05) is 39.0 Å². The summed E-state index contributed by atoms with van der Waals surface area (Å²) in [6.45, 7) is 2.55. The van der Waals surface area contributed by atoms with Gasteiger partial charge >= 0.3 is 5.97 Å². The van der Waals surface area contributed by atoms with Gasteiger partial charge in [-0.15, -0.1) is 0 Å². The first-order valence-corrected chi connectivity index (χ1v) is 6.48. The molecule has 0 fully saturated rings. The summed E-state index contributed by atoms with van der Waals surface area (Å²) >= 11 is 0. The molecule has 0 bridgehead atoms. The Morgan fingerprint density at radius 3 is 2.33 bits per heavy atom. The summed E-state index contributed by atoms with van der Waals surface area (Å²) in [4.78, 5) is 11.9. The molecule has 0 aromatic heterocycles. The van der Waals surface area contributed by atoms with Gasteiger partial charge in [-0.05, 0) is 6.42 Å². The van der Waals surface area contributed by atoms with E-state index in [4.69, 9.17) is 16.2 Å². The van der Waals surface area contributed by atoms with E-state index in [0.717, 1.165) is 19.3 Å². The van der Waals surface area contributed by atoms with E-state index in [2.05, 4.69) is 6.92 Å². The van der Waals surface area contributed by atoms with Crippen molar-refractivity contribution in [1.29, 1.82) is 5.41 Å². The molecule has 5 N–H and O–H groups in total. The van der Waals surface area contributed by atoms with Crippen LogP contribution in [-0.2, 0) is 4.79 Å². The number of hydrogen-bond acceptors (Lipinski definition) is 3. The standard InChI is InChI=1S/C12H25N3O3/c1-2-3-4-5-6-7-8-15(12(13)14)9-10(16)11(17)18/h10,16H,2-9H2,1H3,(H3,13,14)(H,17,18). The van der Waals surface area contributed by atoms with Crippen LogP contribution in [0.5, 0.6) is 0 Å². The predicted octanol–water partition coefficient (Wildman–Crippen LogP) is 0.988. The minimum Gasteiger partial charge on any atom is -0.479 e. The van der Waals surface area contributed by atoms with Crippen molar-refractivity contribution in [2.45, 2.75) is 51.6 Å². The van der Waals surface area contributed by atoms with Crippen LogP contribution >= 0.6 is 0 Å². The zero-order valence-corrected chi connectivity index (χ0v) is 11.1. The lowest BCUT2D eigenvalue weighted by atomic mass is 10.1. The van der Waals surface area contributed by atoms with Gasteiger partial charge in [0.25, 0.3) is 0 Å². The van der Waals surface area contributed by atoms with Crippen molar-refractivity contribution >= 4 is 11.9 Å². The summed E-state index contributed by atoms with van der Waals surface area (Å²) in [5.41, 5.74) is 5.35. The first-order chi connectivity index (χ1) is 8.49.